The summed E-state index contributed by atoms with van der Waals surface area (Å²) >= 11 is 2.26. The van der Waals surface area contributed by atoms with E-state index in [1.54, 1.807) is 4.68 Å². The largest absolute Gasteiger partial charge is 0.322 e. The van der Waals surface area contributed by atoms with Crippen LogP contribution in [0.5, 0.6) is 0 Å². The maximum absolute atomic E-state index is 12.8. The number of hydrogen-bond acceptors (Lipinski definition) is 3. The molecule has 0 aliphatic rings. The van der Waals surface area contributed by atoms with Crippen molar-refractivity contribution in [3.63, 3.8) is 0 Å². The van der Waals surface area contributed by atoms with Crippen LogP contribution in [-0.4, -0.2) is 20.7 Å². The quantitative estimate of drug-likeness (QED) is 0.643. The Morgan fingerprint density at radius 3 is 2.65 bits per heavy atom. The zero-order valence-electron chi connectivity index (χ0n) is 13.4. The van der Waals surface area contributed by atoms with Crippen molar-refractivity contribution in [1.29, 1.82) is 0 Å². The number of benzene rings is 1. The molecule has 1 N–H and O–H groups in total. The topological polar surface area (TPSA) is 59.8 Å². The van der Waals surface area contributed by atoms with Gasteiger partial charge in [-0.3, -0.25) is 9.48 Å². The summed E-state index contributed by atoms with van der Waals surface area (Å²) in [7, 11) is 1.84. The van der Waals surface area contributed by atoms with E-state index in [1.807, 2.05) is 52.1 Å². The van der Waals surface area contributed by atoms with E-state index < -0.39 is 0 Å². The van der Waals surface area contributed by atoms with Crippen LogP contribution in [0.4, 0.5) is 5.69 Å². The van der Waals surface area contributed by atoms with Crippen molar-refractivity contribution in [2.45, 2.75) is 20.8 Å². The van der Waals surface area contributed by atoms with Crippen molar-refractivity contribution in [2.24, 2.45) is 7.05 Å². The van der Waals surface area contributed by atoms with Crippen LogP contribution in [0.15, 0.2) is 24.3 Å². The molecule has 6 heteroatoms. The standard InChI is InChI=1S/C17H17IN4O/c1-9-7-12(18)5-6-14(9)20-17(23)13-8-10(2)19-16-15(13)11(3)21-22(16)4/h5-8H,1-4H3,(H,20,23). The van der Waals surface area contributed by atoms with Crippen LogP contribution in [-0.2, 0) is 7.05 Å². The Morgan fingerprint density at radius 2 is 1.96 bits per heavy atom. The fourth-order valence-electron chi connectivity index (χ4n) is 2.71. The van der Waals surface area contributed by atoms with Crippen LogP contribution in [0, 0.1) is 24.3 Å². The molecule has 5 nitrogen and oxygen atoms in total. The highest BCUT2D eigenvalue weighted by Crippen LogP contribution is 2.24. The van der Waals surface area contributed by atoms with Gasteiger partial charge in [-0.25, -0.2) is 4.98 Å². The monoisotopic (exact) mass is 420 g/mol. The van der Waals surface area contributed by atoms with Crippen LogP contribution in [0.3, 0.4) is 0 Å². The summed E-state index contributed by atoms with van der Waals surface area (Å²) < 4.78 is 2.85. The average molecular weight is 420 g/mol. The van der Waals surface area contributed by atoms with Gasteiger partial charge in [-0.15, -0.1) is 0 Å². The number of halogens is 1. The lowest BCUT2D eigenvalue weighted by atomic mass is 10.1. The minimum atomic E-state index is -0.138. The Hall–Kier alpha value is -1.96. The summed E-state index contributed by atoms with van der Waals surface area (Å²) in [5.41, 5.74) is 4.79. The number of nitrogens with zero attached hydrogens (tertiary/aromatic N) is 3. The van der Waals surface area contributed by atoms with Crippen LogP contribution < -0.4 is 5.32 Å². The van der Waals surface area contributed by atoms with Gasteiger partial charge < -0.3 is 5.32 Å². The molecule has 3 rings (SSSR count). The first-order valence-corrected chi connectivity index (χ1v) is 8.33. The number of pyridine rings is 1. The van der Waals surface area contributed by atoms with E-state index in [1.165, 1.54) is 0 Å². The second-order valence-electron chi connectivity index (χ2n) is 5.63. The van der Waals surface area contributed by atoms with E-state index in [2.05, 4.69) is 38.0 Å². The van der Waals surface area contributed by atoms with E-state index in [-0.39, 0.29) is 5.91 Å². The van der Waals surface area contributed by atoms with Crippen molar-refractivity contribution in [3.05, 3.63) is 50.4 Å². The molecule has 3 aromatic rings. The Bertz CT molecular complexity index is 930. The average Bonchev–Trinajstić information content (AvgIpc) is 2.76. The number of carbonyl (C=O) groups excluding carboxylic acids is 1. The molecule has 0 aliphatic heterocycles. The minimum absolute atomic E-state index is 0.138. The van der Waals surface area contributed by atoms with Crippen LogP contribution in [0.2, 0.25) is 0 Å². The van der Waals surface area contributed by atoms with Gasteiger partial charge in [-0.2, -0.15) is 5.10 Å². The molecule has 0 spiro atoms. The SMILES string of the molecule is Cc1cc(C(=O)Nc2ccc(I)cc2C)c2c(C)nn(C)c2n1. The molecule has 23 heavy (non-hydrogen) atoms. The second-order valence-corrected chi connectivity index (χ2v) is 6.88. The Labute approximate surface area is 148 Å². The summed E-state index contributed by atoms with van der Waals surface area (Å²) in [6, 6.07) is 7.76. The molecular formula is C17H17IN4O. The molecule has 118 valence electrons. The molecule has 2 heterocycles. The normalized spacial score (nSPS) is 11.0. The van der Waals surface area contributed by atoms with Gasteiger partial charge in [0.15, 0.2) is 5.65 Å². The first-order chi connectivity index (χ1) is 10.9. The van der Waals surface area contributed by atoms with E-state index >= 15 is 0 Å². The van der Waals surface area contributed by atoms with Gasteiger partial charge in [-0.1, -0.05) is 0 Å². The maximum Gasteiger partial charge on any atom is 0.256 e. The molecular weight excluding hydrogens is 403 g/mol. The Morgan fingerprint density at radius 1 is 1.22 bits per heavy atom. The lowest BCUT2D eigenvalue weighted by molar-refractivity contribution is 0.102. The Balaban J connectivity index is 2.07. The Kier molecular flexibility index (Phi) is 4.09. The van der Waals surface area contributed by atoms with Gasteiger partial charge >= 0.3 is 0 Å². The van der Waals surface area contributed by atoms with E-state index in [0.717, 1.165) is 37.2 Å². The lowest BCUT2D eigenvalue weighted by Gasteiger charge is -2.10. The molecule has 0 radical (unpaired) electrons. The fraction of sp³-hybridized carbons (Fsp3) is 0.235. The van der Waals surface area contributed by atoms with Crippen LogP contribution >= 0.6 is 22.6 Å². The van der Waals surface area contributed by atoms with Gasteiger partial charge in [0.25, 0.3) is 5.91 Å². The summed E-state index contributed by atoms with van der Waals surface area (Å²) in [6.07, 6.45) is 0. The highest BCUT2D eigenvalue weighted by molar-refractivity contribution is 14.1. The van der Waals surface area contributed by atoms with Crippen molar-refractivity contribution >= 4 is 45.2 Å². The molecule has 0 aliphatic carbocycles. The summed E-state index contributed by atoms with van der Waals surface area (Å²) in [4.78, 5) is 17.3. The predicted octanol–water partition coefficient (Wildman–Crippen LogP) is 3.75. The first kappa shape index (κ1) is 15.9. The summed E-state index contributed by atoms with van der Waals surface area (Å²) in [6.45, 7) is 5.77. The number of aromatic nitrogens is 3. The predicted molar refractivity (Wildman–Crippen MR) is 99.8 cm³/mol. The number of rotatable bonds is 2. The van der Waals surface area contributed by atoms with Crippen LogP contribution in [0.1, 0.15) is 27.3 Å². The number of aryl methyl sites for hydroxylation is 4. The highest BCUT2D eigenvalue weighted by Gasteiger charge is 2.18. The van der Waals surface area contributed by atoms with Gasteiger partial charge in [0, 0.05) is 22.0 Å². The van der Waals surface area contributed by atoms with Crippen LogP contribution in [0.25, 0.3) is 11.0 Å². The van der Waals surface area contributed by atoms with E-state index in [9.17, 15) is 4.79 Å². The number of nitrogens with one attached hydrogen (secondary N) is 1. The van der Waals surface area contributed by atoms with E-state index in [0.29, 0.717) is 5.56 Å². The highest BCUT2D eigenvalue weighted by atomic mass is 127. The van der Waals surface area contributed by atoms with Crippen molar-refractivity contribution in [2.75, 3.05) is 5.32 Å². The number of amides is 1. The molecule has 0 saturated carbocycles. The second kappa shape index (κ2) is 5.92. The number of fused-ring (bicyclic) bond motifs is 1. The van der Waals surface area contributed by atoms with Crippen molar-refractivity contribution in [1.82, 2.24) is 14.8 Å². The fourth-order valence-corrected chi connectivity index (χ4v) is 3.35. The number of hydrogen-bond donors (Lipinski definition) is 1. The van der Waals surface area contributed by atoms with Crippen molar-refractivity contribution < 1.29 is 4.79 Å². The summed E-state index contributed by atoms with van der Waals surface area (Å²) in [5.74, 6) is -0.138. The van der Waals surface area contributed by atoms with Gasteiger partial charge in [0.05, 0.1) is 16.6 Å². The minimum Gasteiger partial charge on any atom is -0.322 e. The van der Waals surface area contributed by atoms with Gasteiger partial charge in [-0.05, 0) is 73.2 Å². The van der Waals surface area contributed by atoms with E-state index in [4.69, 9.17) is 0 Å². The zero-order valence-corrected chi connectivity index (χ0v) is 15.6. The van der Waals surface area contributed by atoms with Crippen molar-refractivity contribution in [3.8, 4) is 0 Å². The molecule has 0 atom stereocenters. The molecule has 2 aromatic heterocycles. The number of anilines is 1. The molecule has 0 fully saturated rings. The first-order valence-electron chi connectivity index (χ1n) is 7.25. The maximum atomic E-state index is 12.8. The third-order valence-electron chi connectivity index (χ3n) is 3.78. The van der Waals surface area contributed by atoms with Gasteiger partial charge in [0.2, 0.25) is 0 Å². The zero-order chi connectivity index (χ0) is 16.7. The third kappa shape index (κ3) is 2.95. The summed E-state index contributed by atoms with van der Waals surface area (Å²) in [5, 5.41) is 8.19. The molecule has 0 saturated heterocycles. The lowest BCUT2D eigenvalue weighted by Crippen LogP contribution is -2.14. The molecule has 0 unspecified atom stereocenters. The molecule has 1 amide bonds. The number of carbonyl (C=O) groups is 1. The molecule has 1 aromatic carbocycles. The smallest absolute Gasteiger partial charge is 0.256 e. The van der Waals surface area contributed by atoms with Gasteiger partial charge in [0.1, 0.15) is 0 Å². The molecule has 0 bridgehead atoms. The third-order valence-corrected chi connectivity index (χ3v) is 4.45.